The van der Waals surface area contributed by atoms with Gasteiger partial charge in [0.15, 0.2) is 11.5 Å². The molecule has 0 saturated heterocycles. The van der Waals surface area contributed by atoms with Crippen LogP contribution in [0.15, 0.2) is 24.7 Å². The SMILES string of the molecule is Nc1ncnc2c1c(I)nn2-c1ccc([N+](=O)[O-])cn1. The van der Waals surface area contributed by atoms with Gasteiger partial charge in [0.2, 0.25) is 0 Å². The van der Waals surface area contributed by atoms with Crippen LogP contribution in [0.1, 0.15) is 0 Å². The van der Waals surface area contributed by atoms with E-state index in [1.807, 2.05) is 22.6 Å². The average Bonchev–Trinajstić information content (AvgIpc) is 2.77. The van der Waals surface area contributed by atoms with Gasteiger partial charge in [-0.3, -0.25) is 10.1 Å². The lowest BCUT2D eigenvalue weighted by molar-refractivity contribution is -0.385. The van der Waals surface area contributed by atoms with E-state index in [1.165, 1.54) is 29.3 Å². The van der Waals surface area contributed by atoms with Crippen LogP contribution in [-0.2, 0) is 0 Å². The second-order valence-electron chi connectivity index (χ2n) is 3.79. The summed E-state index contributed by atoms with van der Waals surface area (Å²) in [5, 5.41) is 15.5. The van der Waals surface area contributed by atoms with Crippen molar-refractivity contribution in [2.24, 2.45) is 0 Å². The molecule has 10 heteroatoms. The fourth-order valence-electron chi connectivity index (χ4n) is 1.70. The number of hydrogen-bond donors (Lipinski definition) is 1. The fraction of sp³-hybridized carbons (Fsp3) is 0. The number of pyridine rings is 1. The Morgan fingerprint density at radius 1 is 1.30 bits per heavy atom. The molecule has 2 N–H and O–H groups in total. The van der Waals surface area contributed by atoms with Crippen molar-refractivity contribution in [3.05, 3.63) is 38.5 Å². The van der Waals surface area contributed by atoms with E-state index >= 15 is 0 Å². The molecule has 0 atom stereocenters. The van der Waals surface area contributed by atoms with Crippen molar-refractivity contribution in [3.8, 4) is 5.82 Å². The van der Waals surface area contributed by atoms with Crippen LogP contribution in [-0.4, -0.2) is 29.7 Å². The lowest BCUT2D eigenvalue weighted by Gasteiger charge is -2.01. The first kappa shape index (κ1) is 12.7. The summed E-state index contributed by atoms with van der Waals surface area (Å²) in [6.07, 6.45) is 2.50. The molecule has 0 radical (unpaired) electrons. The van der Waals surface area contributed by atoms with Gasteiger partial charge in [-0.2, -0.15) is 9.78 Å². The highest BCUT2D eigenvalue weighted by Gasteiger charge is 2.16. The van der Waals surface area contributed by atoms with Crippen LogP contribution in [0.25, 0.3) is 16.9 Å². The van der Waals surface area contributed by atoms with Crippen LogP contribution in [0.5, 0.6) is 0 Å². The van der Waals surface area contributed by atoms with Gasteiger partial charge < -0.3 is 5.73 Å². The first-order chi connectivity index (χ1) is 9.58. The summed E-state index contributed by atoms with van der Waals surface area (Å²) in [5.74, 6) is 0.745. The molecule has 0 aliphatic rings. The zero-order valence-corrected chi connectivity index (χ0v) is 11.9. The zero-order chi connectivity index (χ0) is 14.3. The van der Waals surface area contributed by atoms with Crippen molar-refractivity contribution < 1.29 is 4.92 Å². The normalized spacial score (nSPS) is 10.8. The molecule has 0 amide bonds. The molecule has 0 aromatic carbocycles. The third kappa shape index (κ3) is 1.93. The Balaban J connectivity index is 2.20. The summed E-state index contributed by atoms with van der Waals surface area (Å²) in [5.41, 5.74) is 6.21. The maximum absolute atomic E-state index is 10.6. The Hall–Kier alpha value is -2.37. The first-order valence-electron chi connectivity index (χ1n) is 5.33. The van der Waals surface area contributed by atoms with E-state index in [2.05, 4.69) is 20.1 Å². The number of nitro groups is 1. The van der Waals surface area contributed by atoms with Gasteiger partial charge in [0.1, 0.15) is 22.0 Å². The van der Waals surface area contributed by atoms with Gasteiger partial charge in [-0.05, 0) is 28.7 Å². The minimum absolute atomic E-state index is 0.0888. The highest BCUT2D eigenvalue weighted by atomic mass is 127. The number of nitrogens with zero attached hydrogens (tertiary/aromatic N) is 6. The molecule has 3 aromatic heterocycles. The molecular formula is C10H6IN7O2. The molecule has 0 bridgehead atoms. The molecule has 9 nitrogen and oxygen atoms in total. The number of anilines is 1. The maximum atomic E-state index is 10.6. The van der Waals surface area contributed by atoms with Gasteiger partial charge in [-0.1, -0.05) is 0 Å². The topological polar surface area (TPSA) is 126 Å². The predicted octanol–water partition coefficient (Wildman–Crippen LogP) is 1.31. The number of rotatable bonds is 2. The molecule has 3 rings (SSSR count). The van der Waals surface area contributed by atoms with Gasteiger partial charge in [-0.15, -0.1) is 0 Å². The van der Waals surface area contributed by atoms with Crippen molar-refractivity contribution in [1.29, 1.82) is 0 Å². The minimum atomic E-state index is -0.512. The third-order valence-electron chi connectivity index (χ3n) is 2.61. The van der Waals surface area contributed by atoms with Crippen LogP contribution in [0.4, 0.5) is 11.5 Å². The Morgan fingerprint density at radius 3 is 2.75 bits per heavy atom. The summed E-state index contributed by atoms with van der Waals surface area (Å²) in [6, 6.07) is 2.85. The van der Waals surface area contributed by atoms with Gasteiger partial charge in [-0.25, -0.2) is 15.0 Å². The molecule has 0 spiro atoms. The minimum Gasteiger partial charge on any atom is -0.383 e. The average molecular weight is 383 g/mol. The largest absolute Gasteiger partial charge is 0.383 e. The van der Waals surface area contributed by atoms with Crippen molar-refractivity contribution in [2.75, 3.05) is 5.73 Å². The molecule has 0 fully saturated rings. The van der Waals surface area contributed by atoms with Gasteiger partial charge in [0, 0.05) is 6.07 Å². The molecule has 0 unspecified atom stereocenters. The Kier molecular flexibility index (Phi) is 2.93. The summed E-state index contributed by atoms with van der Waals surface area (Å²) in [4.78, 5) is 22.2. The van der Waals surface area contributed by atoms with Crippen LogP contribution in [0.2, 0.25) is 0 Å². The van der Waals surface area contributed by atoms with Gasteiger partial charge in [0.05, 0.1) is 10.3 Å². The standard InChI is InChI=1S/C10H6IN7O2/c11-8-7-9(12)14-4-15-10(7)17(16-8)6-2-1-5(3-13-6)18(19)20/h1-4H,(H2,12,14,15). The molecule has 3 heterocycles. The first-order valence-corrected chi connectivity index (χ1v) is 6.41. The summed E-state index contributed by atoms with van der Waals surface area (Å²) in [7, 11) is 0. The lowest BCUT2D eigenvalue weighted by atomic mass is 10.4. The number of hydrogen-bond acceptors (Lipinski definition) is 7. The van der Waals surface area contributed by atoms with Crippen LogP contribution in [0, 0.1) is 13.8 Å². The Morgan fingerprint density at radius 2 is 2.10 bits per heavy atom. The van der Waals surface area contributed by atoms with E-state index < -0.39 is 4.92 Å². The maximum Gasteiger partial charge on any atom is 0.287 e. The molecule has 3 aromatic rings. The number of fused-ring (bicyclic) bond motifs is 1. The number of halogens is 1. The van der Waals surface area contributed by atoms with E-state index in [-0.39, 0.29) is 5.69 Å². The second-order valence-corrected chi connectivity index (χ2v) is 4.81. The van der Waals surface area contributed by atoms with Crippen molar-refractivity contribution in [3.63, 3.8) is 0 Å². The fourth-order valence-corrected chi connectivity index (χ4v) is 2.44. The Labute approximate surface area is 125 Å². The monoisotopic (exact) mass is 383 g/mol. The molecule has 100 valence electrons. The van der Waals surface area contributed by atoms with Crippen molar-refractivity contribution in [1.82, 2.24) is 24.7 Å². The smallest absolute Gasteiger partial charge is 0.287 e. The predicted molar refractivity (Wildman–Crippen MR) is 78.2 cm³/mol. The summed E-state index contributed by atoms with van der Waals surface area (Å²) >= 11 is 2.02. The number of nitrogens with two attached hydrogens (primary N) is 1. The lowest BCUT2D eigenvalue weighted by Crippen LogP contribution is -2.02. The van der Waals surface area contributed by atoms with E-state index in [1.54, 1.807) is 0 Å². The zero-order valence-electron chi connectivity index (χ0n) is 9.76. The summed E-state index contributed by atoms with van der Waals surface area (Å²) < 4.78 is 2.11. The van der Waals surface area contributed by atoms with E-state index in [0.29, 0.717) is 26.4 Å². The second kappa shape index (κ2) is 4.63. The van der Waals surface area contributed by atoms with Gasteiger partial charge in [0.25, 0.3) is 5.69 Å². The number of nitrogen functional groups attached to an aromatic ring is 1. The van der Waals surface area contributed by atoms with Crippen molar-refractivity contribution >= 4 is 45.1 Å². The highest BCUT2D eigenvalue weighted by molar-refractivity contribution is 14.1. The van der Waals surface area contributed by atoms with Crippen LogP contribution in [0.3, 0.4) is 0 Å². The Bertz CT molecular complexity index is 814. The molecule has 20 heavy (non-hydrogen) atoms. The van der Waals surface area contributed by atoms with Gasteiger partial charge >= 0.3 is 0 Å². The van der Waals surface area contributed by atoms with E-state index in [9.17, 15) is 10.1 Å². The van der Waals surface area contributed by atoms with Crippen LogP contribution >= 0.6 is 22.6 Å². The highest BCUT2D eigenvalue weighted by Crippen LogP contribution is 2.24. The number of aromatic nitrogens is 5. The quantitative estimate of drug-likeness (QED) is 0.402. The molecule has 0 saturated carbocycles. The molecular weight excluding hydrogens is 377 g/mol. The van der Waals surface area contributed by atoms with Crippen LogP contribution < -0.4 is 5.73 Å². The van der Waals surface area contributed by atoms with E-state index in [0.717, 1.165) is 0 Å². The molecule has 0 aliphatic carbocycles. The summed E-state index contributed by atoms with van der Waals surface area (Å²) in [6.45, 7) is 0. The van der Waals surface area contributed by atoms with Crippen molar-refractivity contribution in [2.45, 2.75) is 0 Å². The third-order valence-corrected chi connectivity index (χ3v) is 3.37. The molecule has 0 aliphatic heterocycles. The van der Waals surface area contributed by atoms with E-state index in [4.69, 9.17) is 5.73 Å².